The van der Waals surface area contributed by atoms with E-state index in [2.05, 4.69) is 83.1 Å². The van der Waals surface area contributed by atoms with Gasteiger partial charge in [-0.2, -0.15) is 0 Å². The third-order valence-electron chi connectivity index (χ3n) is 4.00. The molecule has 0 N–H and O–H groups in total. The van der Waals surface area contributed by atoms with E-state index in [1.54, 1.807) is 0 Å². The second-order valence-electron chi connectivity index (χ2n) is 10.3. The molecule has 0 rings (SSSR count). The molecule has 21 heavy (non-hydrogen) atoms. The zero-order chi connectivity index (χ0) is 17.3. The van der Waals surface area contributed by atoms with Crippen LogP contribution in [0.3, 0.4) is 0 Å². The van der Waals surface area contributed by atoms with Crippen LogP contribution >= 0.6 is 15.8 Å². The van der Waals surface area contributed by atoms with Gasteiger partial charge in [0.1, 0.15) is 0 Å². The molecule has 0 saturated carbocycles. The average Bonchev–Trinajstić information content (AvgIpc) is 2.07. The molecule has 0 aliphatic heterocycles. The molecule has 0 spiro atoms. The number of rotatable bonds is 4. The van der Waals surface area contributed by atoms with E-state index in [-0.39, 0.29) is 15.8 Å². The second-order valence-corrected chi connectivity index (χ2v) is 18.3. The summed E-state index contributed by atoms with van der Waals surface area (Å²) in [7, 11) is 0.130. The maximum Gasteiger partial charge on any atom is -0.0175 e. The van der Waals surface area contributed by atoms with Crippen LogP contribution in [-0.2, 0) is 0 Å². The molecule has 2 heteroatoms. The lowest BCUT2D eigenvalue weighted by Gasteiger charge is -2.44. The van der Waals surface area contributed by atoms with Crippen molar-refractivity contribution in [3.05, 3.63) is 0 Å². The Morgan fingerprint density at radius 1 is 0.429 bits per heavy atom. The van der Waals surface area contributed by atoms with Gasteiger partial charge in [-0.15, -0.1) is 0 Å². The van der Waals surface area contributed by atoms with Crippen LogP contribution in [0.1, 0.15) is 89.5 Å². The molecule has 0 aromatic rings. The Labute approximate surface area is 138 Å². The van der Waals surface area contributed by atoms with E-state index in [1.165, 1.54) is 18.7 Å². The first-order valence-electron chi connectivity index (χ1n) is 8.53. The lowest BCUT2D eigenvalue weighted by Crippen LogP contribution is -2.29. The first-order chi connectivity index (χ1) is 8.97. The Balaban J connectivity index is 4.84. The highest BCUT2D eigenvalue weighted by Gasteiger charge is 2.36. The van der Waals surface area contributed by atoms with E-state index >= 15 is 0 Å². The van der Waals surface area contributed by atoms with Crippen molar-refractivity contribution in [2.45, 2.75) is 110 Å². The Kier molecular flexibility index (Phi) is 7.47. The highest BCUT2D eigenvalue weighted by atomic mass is 31.1. The summed E-state index contributed by atoms with van der Waals surface area (Å²) in [5.74, 6) is 0. The monoisotopic (exact) mass is 332 g/mol. The maximum absolute atomic E-state index is 2.44. The molecule has 0 radical (unpaired) electrons. The average molecular weight is 332 g/mol. The minimum Gasteiger partial charge on any atom is -0.0956 e. The molecule has 0 fully saturated rings. The highest BCUT2D eigenvalue weighted by Crippen LogP contribution is 2.62. The lowest BCUT2D eigenvalue weighted by atomic mass is 10.2. The third-order valence-corrected chi connectivity index (χ3v) is 12.0. The number of hydrogen-bond acceptors (Lipinski definition) is 0. The van der Waals surface area contributed by atoms with Gasteiger partial charge in [-0.1, -0.05) is 98.9 Å². The van der Waals surface area contributed by atoms with E-state index in [0.717, 1.165) is 0 Å². The Bertz CT molecular complexity index is 244. The zero-order valence-electron chi connectivity index (χ0n) is 17.0. The van der Waals surface area contributed by atoms with Crippen molar-refractivity contribution >= 4 is 15.8 Å². The van der Waals surface area contributed by atoms with E-state index in [9.17, 15) is 0 Å². The normalized spacial score (nSPS) is 15.1. The fourth-order valence-corrected chi connectivity index (χ4v) is 11.6. The summed E-state index contributed by atoms with van der Waals surface area (Å²) in [6.07, 6.45) is 4.29. The van der Waals surface area contributed by atoms with Crippen molar-refractivity contribution in [1.82, 2.24) is 0 Å². The van der Waals surface area contributed by atoms with E-state index in [1.807, 2.05) is 0 Å². The predicted molar refractivity (Wildman–Crippen MR) is 107 cm³/mol. The molecular formula is C19H42P2. The Hall–Kier alpha value is 0.860. The van der Waals surface area contributed by atoms with Gasteiger partial charge in [0, 0.05) is 0 Å². The van der Waals surface area contributed by atoms with Gasteiger partial charge in [0.05, 0.1) is 0 Å². The smallest absolute Gasteiger partial charge is 0.0175 e. The second kappa shape index (κ2) is 7.18. The quantitative estimate of drug-likeness (QED) is 0.467. The maximum atomic E-state index is 2.44. The van der Waals surface area contributed by atoms with E-state index < -0.39 is 0 Å². The minimum absolute atomic E-state index is 0.0652. The van der Waals surface area contributed by atoms with Crippen LogP contribution in [0.15, 0.2) is 0 Å². The summed E-state index contributed by atoms with van der Waals surface area (Å²) in [5.41, 5.74) is 0. The molecule has 0 aromatic carbocycles. The molecule has 0 aliphatic carbocycles. The van der Waals surface area contributed by atoms with E-state index in [4.69, 9.17) is 0 Å². The first kappa shape index (κ1) is 21.9. The van der Waals surface area contributed by atoms with Crippen LogP contribution in [0.2, 0.25) is 0 Å². The minimum atomic E-state index is 0.0652. The zero-order valence-corrected chi connectivity index (χ0v) is 18.8. The van der Waals surface area contributed by atoms with Gasteiger partial charge >= 0.3 is 0 Å². The summed E-state index contributed by atoms with van der Waals surface area (Å²) in [6.45, 7) is 29.3. The molecule has 0 saturated heterocycles. The third kappa shape index (κ3) is 7.79. The summed E-state index contributed by atoms with van der Waals surface area (Å²) in [6, 6.07) is 0. The lowest BCUT2D eigenvalue weighted by molar-refractivity contribution is 0.693. The van der Waals surface area contributed by atoms with Crippen LogP contribution in [0.4, 0.5) is 0 Å². The molecule has 0 bridgehead atoms. The van der Waals surface area contributed by atoms with Gasteiger partial charge in [0.15, 0.2) is 0 Å². The molecule has 0 aliphatic rings. The molecule has 128 valence electrons. The largest absolute Gasteiger partial charge is 0.0956 e. The summed E-state index contributed by atoms with van der Waals surface area (Å²) < 4.78 is 0. The van der Waals surface area contributed by atoms with Crippen LogP contribution < -0.4 is 0 Å². The van der Waals surface area contributed by atoms with Gasteiger partial charge in [0.25, 0.3) is 0 Å². The standard InChI is InChI=1S/C19H42P2/c1-16(2,3)20(17(4,5)6)14-13-15-21(18(7,8)9)19(10,11)12/h13-15H2,1-12H3. The van der Waals surface area contributed by atoms with Crippen molar-refractivity contribution < 1.29 is 0 Å². The molecule has 0 aromatic heterocycles. The molecule has 0 unspecified atom stereocenters. The molecule has 0 heterocycles. The van der Waals surface area contributed by atoms with Gasteiger partial charge in [-0.3, -0.25) is 0 Å². The van der Waals surface area contributed by atoms with Crippen molar-refractivity contribution in [3.8, 4) is 0 Å². The van der Waals surface area contributed by atoms with Crippen LogP contribution in [0.5, 0.6) is 0 Å². The first-order valence-corrected chi connectivity index (χ1v) is 11.6. The topological polar surface area (TPSA) is 0 Å². The summed E-state index contributed by atoms with van der Waals surface area (Å²) >= 11 is 0. The Morgan fingerprint density at radius 3 is 0.762 bits per heavy atom. The molecule has 0 amide bonds. The van der Waals surface area contributed by atoms with E-state index in [0.29, 0.717) is 20.6 Å². The molecular weight excluding hydrogens is 290 g/mol. The highest BCUT2D eigenvalue weighted by molar-refractivity contribution is 7.61. The summed E-state index contributed by atoms with van der Waals surface area (Å²) in [5, 5.41) is 1.89. The Morgan fingerprint density at radius 2 is 0.619 bits per heavy atom. The number of hydrogen-bond donors (Lipinski definition) is 0. The van der Waals surface area contributed by atoms with Crippen LogP contribution in [0.25, 0.3) is 0 Å². The summed E-state index contributed by atoms with van der Waals surface area (Å²) in [4.78, 5) is 0. The fraction of sp³-hybridized carbons (Fsp3) is 1.00. The van der Waals surface area contributed by atoms with Crippen molar-refractivity contribution in [2.24, 2.45) is 0 Å². The molecule has 0 atom stereocenters. The SMILES string of the molecule is CC(C)(C)P(CCCP(C(C)(C)C)C(C)(C)C)C(C)(C)C. The van der Waals surface area contributed by atoms with Crippen molar-refractivity contribution in [3.63, 3.8) is 0 Å². The molecule has 0 nitrogen and oxygen atoms in total. The van der Waals surface area contributed by atoms with Gasteiger partial charge in [-0.25, -0.2) is 0 Å². The van der Waals surface area contributed by atoms with Gasteiger partial charge in [0.2, 0.25) is 0 Å². The van der Waals surface area contributed by atoms with Crippen LogP contribution in [0, 0.1) is 0 Å². The van der Waals surface area contributed by atoms with Crippen molar-refractivity contribution in [2.75, 3.05) is 12.3 Å². The fourth-order valence-electron chi connectivity index (χ4n) is 3.74. The van der Waals surface area contributed by atoms with Gasteiger partial charge in [-0.05, 0) is 39.4 Å². The van der Waals surface area contributed by atoms with Gasteiger partial charge < -0.3 is 0 Å². The van der Waals surface area contributed by atoms with Crippen molar-refractivity contribution in [1.29, 1.82) is 0 Å². The van der Waals surface area contributed by atoms with Crippen LogP contribution in [-0.4, -0.2) is 32.9 Å². The predicted octanol–water partition coefficient (Wildman–Crippen LogP) is 7.53.